The molecule has 84 valence electrons. The van der Waals surface area contributed by atoms with Crippen molar-refractivity contribution in [2.75, 3.05) is 0 Å². The number of nitrogens with two attached hydrogens (primary N) is 1. The van der Waals surface area contributed by atoms with Crippen LogP contribution in [-0.2, 0) is 9.63 Å². The molecule has 0 heterocycles. The third kappa shape index (κ3) is 3.23. The largest absolute Gasteiger partial charge is 0.508 e. The molecule has 0 saturated heterocycles. The van der Waals surface area contributed by atoms with Crippen molar-refractivity contribution < 1.29 is 20.2 Å². The zero-order chi connectivity index (χ0) is 10.6. The molecule has 0 bridgehead atoms. The average molecular weight is 213 g/mol. The van der Waals surface area contributed by atoms with Gasteiger partial charge >= 0.3 is 5.97 Å². The highest BCUT2D eigenvalue weighted by atomic mass is 16.7. The highest BCUT2D eigenvalue weighted by molar-refractivity contribution is 5.77. The standard InChI is InChI=1S/C10H13NO3.H2O/c1-2-9(10(13)14-11)7-3-5-8(12)6-4-7;/h3-6,9,12H,2,11H2,1H3;1H2. The SMILES string of the molecule is CCC(C(=O)ON)c1ccc(O)cc1.O. The maximum Gasteiger partial charge on any atom is 0.331 e. The van der Waals surface area contributed by atoms with Crippen LogP contribution in [0.25, 0.3) is 0 Å². The van der Waals surface area contributed by atoms with Gasteiger partial charge in [0, 0.05) is 0 Å². The summed E-state index contributed by atoms with van der Waals surface area (Å²) in [5, 5.41) is 9.07. The lowest BCUT2D eigenvalue weighted by atomic mass is 9.97. The Labute approximate surface area is 87.7 Å². The molecule has 0 aliphatic carbocycles. The molecule has 0 amide bonds. The van der Waals surface area contributed by atoms with Crippen LogP contribution in [0.5, 0.6) is 5.75 Å². The molecule has 5 nitrogen and oxygen atoms in total. The molecule has 1 unspecified atom stereocenters. The highest BCUT2D eigenvalue weighted by Gasteiger charge is 2.19. The first-order valence-corrected chi connectivity index (χ1v) is 4.38. The van der Waals surface area contributed by atoms with Crippen molar-refractivity contribution in [3.05, 3.63) is 29.8 Å². The number of carbonyl (C=O) groups excluding carboxylic acids is 1. The molecular weight excluding hydrogens is 198 g/mol. The van der Waals surface area contributed by atoms with E-state index in [0.717, 1.165) is 5.56 Å². The Morgan fingerprint density at radius 1 is 1.47 bits per heavy atom. The van der Waals surface area contributed by atoms with E-state index in [1.807, 2.05) is 6.92 Å². The van der Waals surface area contributed by atoms with Crippen molar-refractivity contribution in [2.24, 2.45) is 5.90 Å². The molecule has 5 N–H and O–H groups in total. The summed E-state index contributed by atoms with van der Waals surface area (Å²) in [6.07, 6.45) is 0.612. The molecule has 0 aliphatic heterocycles. The van der Waals surface area contributed by atoms with E-state index in [0.29, 0.717) is 6.42 Å². The van der Waals surface area contributed by atoms with Crippen LogP contribution in [0.2, 0.25) is 0 Å². The summed E-state index contributed by atoms with van der Waals surface area (Å²) in [4.78, 5) is 15.4. The smallest absolute Gasteiger partial charge is 0.331 e. The van der Waals surface area contributed by atoms with Gasteiger partial charge in [-0.3, -0.25) is 0 Å². The molecule has 0 spiro atoms. The number of benzene rings is 1. The van der Waals surface area contributed by atoms with Crippen molar-refractivity contribution in [2.45, 2.75) is 19.3 Å². The molecular formula is C10H15NO4. The topological polar surface area (TPSA) is 104 Å². The molecule has 1 atom stereocenters. The lowest BCUT2D eigenvalue weighted by Gasteiger charge is -2.11. The predicted molar refractivity (Wildman–Crippen MR) is 55.0 cm³/mol. The Kier molecular flexibility index (Phi) is 5.36. The third-order valence-corrected chi connectivity index (χ3v) is 2.10. The van der Waals surface area contributed by atoms with Crippen LogP contribution in [0.4, 0.5) is 0 Å². The second kappa shape index (κ2) is 6.00. The van der Waals surface area contributed by atoms with E-state index in [1.165, 1.54) is 12.1 Å². The summed E-state index contributed by atoms with van der Waals surface area (Å²) < 4.78 is 0. The van der Waals surface area contributed by atoms with E-state index >= 15 is 0 Å². The number of aromatic hydroxyl groups is 1. The lowest BCUT2D eigenvalue weighted by Crippen LogP contribution is -2.18. The number of phenols is 1. The van der Waals surface area contributed by atoms with Crippen LogP contribution in [0.1, 0.15) is 24.8 Å². The monoisotopic (exact) mass is 213 g/mol. The zero-order valence-corrected chi connectivity index (χ0v) is 8.43. The van der Waals surface area contributed by atoms with Crippen molar-refractivity contribution in [1.29, 1.82) is 0 Å². The van der Waals surface area contributed by atoms with Gasteiger partial charge in [0.2, 0.25) is 0 Å². The molecule has 15 heavy (non-hydrogen) atoms. The van der Waals surface area contributed by atoms with Gasteiger partial charge < -0.3 is 15.4 Å². The molecule has 1 rings (SSSR count). The van der Waals surface area contributed by atoms with Crippen LogP contribution in [-0.4, -0.2) is 16.6 Å². The van der Waals surface area contributed by atoms with Crippen LogP contribution in [0.3, 0.4) is 0 Å². The quantitative estimate of drug-likeness (QED) is 0.712. The van der Waals surface area contributed by atoms with E-state index in [4.69, 9.17) is 11.0 Å². The van der Waals surface area contributed by atoms with E-state index < -0.39 is 5.97 Å². The Hall–Kier alpha value is -1.59. The fourth-order valence-corrected chi connectivity index (χ4v) is 1.33. The highest BCUT2D eigenvalue weighted by Crippen LogP contribution is 2.22. The minimum Gasteiger partial charge on any atom is -0.508 e. The number of hydrogen-bond donors (Lipinski definition) is 2. The van der Waals surface area contributed by atoms with Crippen molar-refractivity contribution in [3.63, 3.8) is 0 Å². The summed E-state index contributed by atoms with van der Waals surface area (Å²) >= 11 is 0. The zero-order valence-electron chi connectivity index (χ0n) is 8.43. The second-order valence-electron chi connectivity index (χ2n) is 2.99. The molecule has 0 aliphatic rings. The van der Waals surface area contributed by atoms with Gasteiger partial charge in [-0.05, 0) is 24.1 Å². The van der Waals surface area contributed by atoms with Crippen molar-refractivity contribution >= 4 is 5.97 Å². The fraction of sp³-hybridized carbons (Fsp3) is 0.300. The minimum atomic E-state index is -0.460. The third-order valence-electron chi connectivity index (χ3n) is 2.10. The molecule has 0 fully saturated rings. The Morgan fingerprint density at radius 2 is 2.00 bits per heavy atom. The van der Waals surface area contributed by atoms with Gasteiger partial charge in [0.05, 0.1) is 5.92 Å². The van der Waals surface area contributed by atoms with E-state index in [2.05, 4.69) is 4.84 Å². The van der Waals surface area contributed by atoms with E-state index in [-0.39, 0.29) is 17.1 Å². The molecule has 1 aromatic carbocycles. The number of carbonyl (C=O) groups is 1. The number of phenolic OH excluding ortho intramolecular Hbond substituents is 1. The molecule has 1 aromatic rings. The van der Waals surface area contributed by atoms with Gasteiger partial charge in [-0.25, -0.2) is 4.79 Å². The van der Waals surface area contributed by atoms with Gasteiger partial charge in [0.25, 0.3) is 0 Å². The van der Waals surface area contributed by atoms with Crippen LogP contribution < -0.4 is 5.90 Å². The first-order chi connectivity index (χ1) is 6.69. The summed E-state index contributed by atoms with van der Waals surface area (Å²) in [6.45, 7) is 1.87. The molecule has 5 heteroatoms. The normalized spacial score (nSPS) is 11.3. The van der Waals surface area contributed by atoms with Crippen LogP contribution in [0, 0.1) is 0 Å². The molecule has 0 aromatic heterocycles. The molecule has 0 radical (unpaired) electrons. The summed E-state index contributed by atoms with van der Waals surface area (Å²) in [5.74, 6) is 4.17. The van der Waals surface area contributed by atoms with Gasteiger partial charge in [0.1, 0.15) is 5.75 Å². The van der Waals surface area contributed by atoms with E-state index in [9.17, 15) is 4.79 Å². The maximum atomic E-state index is 11.2. The summed E-state index contributed by atoms with van der Waals surface area (Å²) in [5.41, 5.74) is 0.792. The summed E-state index contributed by atoms with van der Waals surface area (Å²) in [6, 6.07) is 6.42. The predicted octanol–water partition coefficient (Wildman–Crippen LogP) is 0.478. The van der Waals surface area contributed by atoms with Crippen molar-refractivity contribution in [1.82, 2.24) is 0 Å². The van der Waals surface area contributed by atoms with Crippen LogP contribution in [0.15, 0.2) is 24.3 Å². The molecule has 0 saturated carbocycles. The number of rotatable bonds is 3. The Balaban J connectivity index is 0.00000196. The summed E-state index contributed by atoms with van der Waals surface area (Å²) in [7, 11) is 0. The fourth-order valence-electron chi connectivity index (χ4n) is 1.33. The van der Waals surface area contributed by atoms with Gasteiger partial charge in [-0.1, -0.05) is 19.1 Å². The first kappa shape index (κ1) is 13.4. The van der Waals surface area contributed by atoms with Gasteiger partial charge in [-0.2, -0.15) is 5.90 Å². The minimum absolute atomic E-state index is 0. The van der Waals surface area contributed by atoms with Crippen molar-refractivity contribution in [3.8, 4) is 5.75 Å². The Bertz CT molecular complexity index is 310. The maximum absolute atomic E-state index is 11.2. The van der Waals surface area contributed by atoms with E-state index in [1.54, 1.807) is 12.1 Å². The van der Waals surface area contributed by atoms with Crippen LogP contribution >= 0.6 is 0 Å². The van der Waals surface area contributed by atoms with Gasteiger partial charge in [-0.15, -0.1) is 0 Å². The number of hydrogen-bond acceptors (Lipinski definition) is 4. The second-order valence-corrected chi connectivity index (χ2v) is 2.99. The lowest BCUT2D eigenvalue weighted by molar-refractivity contribution is -0.146. The Morgan fingerprint density at radius 3 is 2.40 bits per heavy atom. The average Bonchev–Trinajstić information content (AvgIpc) is 2.21. The first-order valence-electron chi connectivity index (χ1n) is 4.38. The van der Waals surface area contributed by atoms with Gasteiger partial charge in [0.15, 0.2) is 0 Å².